The summed E-state index contributed by atoms with van der Waals surface area (Å²) in [5.41, 5.74) is 16.0. The fourth-order valence-corrected chi connectivity index (χ4v) is 1.80. The van der Waals surface area contributed by atoms with Crippen LogP contribution in [0.5, 0.6) is 0 Å². The van der Waals surface area contributed by atoms with Gasteiger partial charge in [-0.05, 0) is 34.4 Å². The molecule has 0 saturated heterocycles. The van der Waals surface area contributed by atoms with Gasteiger partial charge in [0.05, 0.1) is 0 Å². The second kappa shape index (κ2) is 4.92. The number of nitrogens with two attached hydrogens (primary N) is 2. The van der Waals surface area contributed by atoms with Crippen LogP contribution in [0, 0.1) is 0 Å². The molecule has 16 heavy (non-hydrogen) atoms. The van der Waals surface area contributed by atoms with Gasteiger partial charge in [-0.1, -0.05) is 36.4 Å². The van der Waals surface area contributed by atoms with Crippen molar-refractivity contribution in [1.82, 2.24) is 0 Å². The van der Waals surface area contributed by atoms with Crippen molar-refractivity contribution in [3.63, 3.8) is 0 Å². The molecule has 0 aliphatic rings. The molecule has 0 saturated carbocycles. The van der Waals surface area contributed by atoms with Crippen molar-refractivity contribution < 1.29 is 0 Å². The predicted molar refractivity (Wildman–Crippen MR) is 67.7 cm³/mol. The van der Waals surface area contributed by atoms with Crippen LogP contribution >= 0.6 is 0 Å². The molecule has 0 aliphatic heterocycles. The average Bonchev–Trinajstić information content (AvgIpc) is 2.39. The van der Waals surface area contributed by atoms with Crippen molar-refractivity contribution in [1.29, 1.82) is 0 Å². The second-order valence-corrected chi connectivity index (χ2v) is 3.81. The van der Waals surface area contributed by atoms with Gasteiger partial charge < -0.3 is 11.5 Å². The first-order chi connectivity index (χ1) is 7.83. The lowest BCUT2D eigenvalue weighted by molar-refractivity contribution is 1.03. The van der Waals surface area contributed by atoms with Gasteiger partial charge in [-0.15, -0.1) is 0 Å². The normalized spacial score (nSPS) is 10.4. The van der Waals surface area contributed by atoms with Gasteiger partial charge in [0.2, 0.25) is 0 Å². The van der Waals surface area contributed by atoms with E-state index in [1.165, 1.54) is 11.1 Å². The van der Waals surface area contributed by atoms with E-state index in [1.807, 2.05) is 18.2 Å². The van der Waals surface area contributed by atoms with Crippen LogP contribution in [0.1, 0.15) is 11.1 Å². The Hall–Kier alpha value is -1.64. The summed E-state index contributed by atoms with van der Waals surface area (Å²) in [6.45, 7) is 1.10. The summed E-state index contributed by atoms with van der Waals surface area (Å²) in [5, 5.41) is 0. The zero-order valence-electron chi connectivity index (χ0n) is 9.19. The Labute approximate surface area is 95.9 Å². The summed E-state index contributed by atoms with van der Waals surface area (Å²) < 4.78 is 0. The molecule has 0 heterocycles. The van der Waals surface area contributed by atoms with E-state index in [9.17, 15) is 0 Å². The molecular weight excluding hydrogens is 196 g/mol. The molecule has 2 aromatic rings. The molecule has 0 amide bonds. The van der Waals surface area contributed by atoms with Crippen LogP contribution < -0.4 is 11.5 Å². The summed E-state index contributed by atoms with van der Waals surface area (Å²) >= 11 is 0. The highest BCUT2D eigenvalue weighted by Gasteiger charge is 2.01. The van der Waals surface area contributed by atoms with E-state index in [4.69, 9.17) is 11.5 Å². The summed E-state index contributed by atoms with van der Waals surface area (Å²) in [6.07, 6.45) is 0. The van der Waals surface area contributed by atoms with Gasteiger partial charge in [0, 0.05) is 13.1 Å². The number of benzene rings is 2. The van der Waals surface area contributed by atoms with Crippen LogP contribution in [0.2, 0.25) is 0 Å². The number of rotatable bonds is 3. The van der Waals surface area contributed by atoms with Crippen molar-refractivity contribution in [2.75, 3.05) is 0 Å². The third-order valence-corrected chi connectivity index (χ3v) is 2.63. The number of hydrogen-bond acceptors (Lipinski definition) is 2. The highest BCUT2D eigenvalue weighted by atomic mass is 14.5. The van der Waals surface area contributed by atoms with Crippen LogP contribution in [0.25, 0.3) is 11.1 Å². The van der Waals surface area contributed by atoms with E-state index in [1.54, 1.807) is 0 Å². The molecule has 2 rings (SSSR count). The van der Waals surface area contributed by atoms with Crippen molar-refractivity contribution in [2.24, 2.45) is 11.5 Å². The Balaban J connectivity index is 2.48. The predicted octanol–water partition coefficient (Wildman–Crippen LogP) is 2.27. The minimum absolute atomic E-state index is 0.549. The molecule has 4 N–H and O–H groups in total. The van der Waals surface area contributed by atoms with Crippen LogP contribution in [0.4, 0.5) is 0 Å². The minimum Gasteiger partial charge on any atom is -0.326 e. The molecule has 2 nitrogen and oxygen atoms in total. The van der Waals surface area contributed by atoms with E-state index >= 15 is 0 Å². The van der Waals surface area contributed by atoms with Gasteiger partial charge in [-0.2, -0.15) is 0 Å². The minimum atomic E-state index is 0.549. The largest absolute Gasteiger partial charge is 0.326 e. The third-order valence-electron chi connectivity index (χ3n) is 2.63. The summed E-state index contributed by atoms with van der Waals surface area (Å²) in [6, 6.07) is 16.6. The zero-order valence-corrected chi connectivity index (χ0v) is 9.19. The SMILES string of the molecule is NCc1cc(CN)cc(-c2ccccc2)c1. The lowest BCUT2D eigenvalue weighted by atomic mass is 10.00. The maximum absolute atomic E-state index is 5.68. The standard InChI is InChI=1S/C14H16N2/c15-9-11-6-12(10-16)8-14(7-11)13-4-2-1-3-5-13/h1-8H,9-10,15-16H2. The van der Waals surface area contributed by atoms with Crippen molar-refractivity contribution in [3.05, 3.63) is 59.7 Å². The Morgan fingerprint density at radius 2 is 1.25 bits per heavy atom. The van der Waals surface area contributed by atoms with E-state index in [0.717, 1.165) is 11.1 Å². The first-order valence-electron chi connectivity index (χ1n) is 5.42. The Bertz CT molecular complexity index is 441. The first-order valence-corrected chi connectivity index (χ1v) is 5.42. The Morgan fingerprint density at radius 1 is 0.688 bits per heavy atom. The lowest BCUT2D eigenvalue weighted by Crippen LogP contribution is -2.01. The van der Waals surface area contributed by atoms with E-state index < -0.39 is 0 Å². The van der Waals surface area contributed by atoms with Gasteiger partial charge in [-0.3, -0.25) is 0 Å². The molecule has 0 fully saturated rings. The molecule has 0 spiro atoms. The van der Waals surface area contributed by atoms with E-state index in [2.05, 4.69) is 30.3 Å². The maximum atomic E-state index is 5.68. The molecule has 2 heteroatoms. The van der Waals surface area contributed by atoms with Gasteiger partial charge in [0.25, 0.3) is 0 Å². The summed E-state index contributed by atoms with van der Waals surface area (Å²) in [4.78, 5) is 0. The van der Waals surface area contributed by atoms with Gasteiger partial charge >= 0.3 is 0 Å². The van der Waals surface area contributed by atoms with Crippen LogP contribution in [0.15, 0.2) is 48.5 Å². The summed E-state index contributed by atoms with van der Waals surface area (Å²) in [7, 11) is 0. The molecule has 0 bridgehead atoms. The van der Waals surface area contributed by atoms with Gasteiger partial charge in [0.15, 0.2) is 0 Å². The first kappa shape index (κ1) is 10.9. The monoisotopic (exact) mass is 212 g/mol. The topological polar surface area (TPSA) is 52.0 Å². The van der Waals surface area contributed by atoms with Crippen LogP contribution in [0.3, 0.4) is 0 Å². The second-order valence-electron chi connectivity index (χ2n) is 3.81. The number of hydrogen-bond donors (Lipinski definition) is 2. The maximum Gasteiger partial charge on any atom is 0.0178 e. The van der Waals surface area contributed by atoms with E-state index in [-0.39, 0.29) is 0 Å². The molecule has 0 atom stereocenters. The van der Waals surface area contributed by atoms with Crippen molar-refractivity contribution in [2.45, 2.75) is 13.1 Å². The van der Waals surface area contributed by atoms with Crippen LogP contribution in [-0.2, 0) is 13.1 Å². The fraction of sp³-hybridized carbons (Fsp3) is 0.143. The molecule has 82 valence electrons. The summed E-state index contributed by atoms with van der Waals surface area (Å²) in [5.74, 6) is 0. The van der Waals surface area contributed by atoms with Crippen molar-refractivity contribution in [3.8, 4) is 11.1 Å². The Morgan fingerprint density at radius 3 is 1.75 bits per heavy atom. The average molecular weight is 212 g/mol. The molecule has 0 aliphatic carbocycles. The van der Waals surface area contributed by atoms with Crippen molar-refractivity contribution >= 4 is 0 Å². The quantitative estimate of drug-likeness (QED) is 0.820. The smallest absolute Gasteiger partial charge is 0.0178 e. The Kier molecular flexibility index (Phi) is 3.34. The van der Waals surface area contributed by atoms with E-state index in [0.29, 0.717) is 13.1 Å². The highest BCUT2D eigenvalue weighted by Crippen LogP contribution is 2.22. The third kappa shape index (κ3) is 2.30. The molecule has 0 aromatic heterocycles. The lowest BCUT2D eigenvalue weighted by Gasteiger charge is -2.07. The molecular formula is C14H16N2. The fourth-order valence-electron chi connectivity index (χ4n) is 1.80. The zero-order chi connectivity index (χ0) is 11.4. The molecule has 0 radical (unpaired) electrons. The van der Waals surface area contributed by atoms with Crippen LogP contribution in [-0.4, -0.2) is 0 Å². The molecule has 2 aromatic carbocycles. The molecule has 0 unspecified atom stereocenters. The van der Waals surface area contributed by atoms with Gasteiger partial charge in [0.1, 0.15) is 0 Å². The van der Waals surface area contributed by atoms with Gasteiger partial charge in [-0.25, -0.2) is 0 Å². The highest BCUT2D eigenvalue weighted by molar-refractivity contribution is 5.65.